The topological polar surface area (TPSA) is 67.9 Å². The summed E-state index contributed by atoms with van der Waals surface area (Å²) < 4.78 is 10.1. The van der Waals surface area contributed by atoms with Crippen LogP contribution in [0.1, 0.15) is 33.1 Å². The van der Waals surface area contributed by atoms with Crippen LogP contribution in [0.3, 0.4) is 0 Å². The van der Waals surface area contributed by atoms with Crippen molar-refractivity contribution in [3.63, 3.8) is 0 Å². The number of ether oxygens (including phenoxy) is 2. The van der Waals surface area contributed by atoms with Gasteiger partial charge in [0.25, 0.3) is 0 Å². The van der Waals surface area contributed by atoms with Crippen LogP contribution in [-0.2, 0) is 19.1 Å². The Kier molecular flexibility index (Phi) is 7.31. The normalized spacial score (nSPS) is 21.9. The van der Waals surface area contributed by atoms with Gasteiger partial charge in [0.2, 0.25) is 0 Å². The molecule has 1 heterocycles. The number of rotatable bonds is 9. The highest BCUT2D eigenvalue weighted by molar-refractivity contribution is 5.66. The van der Waals surface area contributed by atoms with E-state index >= 15 is 0 Å². The zero-order valence-corrected chi connectivity index (χ0v) is 14.6. The first-order chi connectivity index (χ1) is 11.5. The van der Waals surface area contributed by atoms with Crippen molar-refractivity contribution >= 4 is 11.9 Å². The lowest BCUT2D eigenvalue weighted by Gasteiger charge is -2.23. The maximum atomic E-state index is 10.9. The summed E-state index contributed by atoms with van der Waals surface area (Å²) in [6, 6.07) is 0.478. The van der Waals surface area contributed by atoms with Crippen molar-refractivity contribution in [1.29, 1.82) is 0 Å². The molecule has 1 fully saturated rings. The van der Waals surface area contributed by atoms with E-state index in [9.17, 15) is 9.59 Å². The number of fused-ring (bicyclic) bond motifs is 1. The molecule has 0 aromatic rings. The predicted octanol–water partition coefficient (Wildman–Crippen LogP) is 1.63. The molecule has 1 aliphatic heterocycles. The maximum absolute atomic E-state index is 10.9. The Labute approximate surface area is 143 Å². The molecule has 2 rings (SSSR count). The van der Waals surface area contributed by atoms with Crippen LogP contribution in [0.15, 0.2) is 23.9 Å². The Morgan fingerprint density at radius 3 is 2.42 bits per heavy atom. The Bertz CT molecular complexity index is 481. The fourth-order valence-corrected chi connectivity index (χ4v) is 3.21. The summed E-state index contributed by atoms with van der Waals surface area (Å²) in [7, 11) is 0. The largest absolute Gasteiger partial charge is 0.465 e. The van der Waals surface area contributed by atoms with Crippen LogP contribution in [-0.4, -0.2) is 55.7 Å². The summed E-state index contributed by atoms with van der Waals surface area (Å²) in [6.45, 7) is 5.75. The minimum absolute atomic E-state index is 0.268. The highest BCUT2D eigenvalue weighted by atomic mass is 16.5. The highest BCUT2D eigenvalue weighted by Gasteiger charge is 2.28. The fourth-order valence-electron chi connectivity index (χ4n) is 3.21. The summed E-state index contributed by atoms with van der Waals surface area (Å²) in [5, 5.41) is 3.61. The Balaban J connectivity index is 1.74. The van der Waals surface area contributed by atoms with E-state index in [1.165, 1.54) is 19.5 Å². The van der Waals surface area contributed by atoms with Crippen molar-refractivity contribution in [2.75, 3.05) is 32.8 Å². The van der Waals surface area contributed by atoms with E-state index in [1.807, 2.05) is 0 Å². The zero-order chi connectivity index (χ0) is 17.4. The summed E-state index contributed by atoms with van der Waals surface area (Å²) in [5.74, 6) is 0.0994. The molecule has 24 heavy (non-hydrogen) atoms. The van der Waals surface area contributed by atoms with Crippen molar-refractivity contribution in [3.05, 3.63) is 23.9 Å². The van der Waals surface area contributed by atoms with E-state index in [4.69, 9.17) is 9.47 Å². The van der Waals surface area contributed by atoms with Gasteiger partial charge in [0, 0.05) is 51.1 Å². The van der Waals surface area contributed by atoms with Gasteiger partial charge in [0.15, 0.2) is 0 Å². The van der Waals surface area contributed by atoms with E-state index in [0.29, 0.717) is 38.3 Å². The Morgan fingerprint density at radius 1 is 1.17 bits per heavy atom. The van der Waals surface area contributed by atoms with Crippen LogP contribution in [0, 0.1) is 5.92 Å². The van der Waals surface area contributed by atoms with Gasteiger partial charge in [0.05, 0.1) is 0 Å². The maximum Gasteiger partial charge on any atom is 0.302 e. The van der Waals surface area contributed by atoms with Crippen LogP contribution in [0.5, 0.6) is 0 Å². The number of hydrogen-bond donors (Lipinski definition) is 1. The van der Waals surface area contributed by atoms with Crippen molar-refractivity contribution in [2.24, 2.45) is 5.92 Å². The number of nitrogens with one attached hydrogen (secondary N) is 1. The molecule has 0 aromatic heterocycles. The van der Waals surface area contributed by atoms with Crippen LogP contribution in [0.25, 0.3) is 0 Å². The Hall–Kier alpha value is -1.82. The van der Waals surface area contributed by atoms with Crippen LogP contribution < -0.4 is 5.32 Å². The van der Waals surface area contributed by atoms with Gasteiger partial charge in [-0.1, -0.05) is 12.2 Å². The lowest BCUT2D eigenvalue weighted by Crippen LogP contribution is -2.35. The molecule has 6 heteroatoms. The van der Waals surface area contributed by atoms with Gasteiger partial charge in [-0.15, -0.1) is 0 Å². The molecule has 0 aromatic carbocycles. The second-order valence-electron chi connectivity index (χ2n) is 6.37. The molecule has 1 aliphatic carbocycles. The molecule has 0 radical (unpaired) electrons. The quantitative estimate of drug-likeness (QED) is 0.646. The average Bonchev–Trinajstić information content (AvgIpc) is 2.94. The van der Waals surface area contributed by atoms with E-state index in [0.717, 1.165) is 25.8 Å². The molecule has 0 bridgehead atoms. The number of nitrogens with zero attached hydrogens (tertiary/aromatic N) is 1. The van der Waals surface area contributed by atoms with Crippen LogP contribution in [0.4, 0.5) is 0 Å². The molecular weight excluding hydrogens is 308 g/mol. The first-order valence-electron chi connectivity index (χ1n) is 8.67. The molecule has 2 aliphatic rings. The Morgan fingerprint density at radius 2 is 1.83 bits per heavy atom. The summed E-state index contributed by atoms with van der Waals surface area (Å²) >= 11 is 0. The molecule has 0 saturated carbocycles. The van der Waals surface area contributed by atoms with Crippen molar-refractivity contribution in [3.8, 4) is 0 Å². The van der Waals surface area contributed by atoms with Crippen molar-refractivity contribution < 1.29 is 19.1 Å². The highest BCUT2D eigenvalue weighted by Crippen LogP contribution is 2.30. The second-order valence-corrected chi connectivity index (χ2v) is 6.37. The van der Waals surface area contributed by atoms with Gasteiger partial charge >= 0.3 is 11.9 Å². The van der Waals surface area contributed by atoms with Gasteiger partial charge in [-0.05, 0) is 25.3 Å². The van der Waals surface area contributed by atoms with Crippen molar-refractivity contribution in [1.82, 2.24) is 10.2 Å². The minimum Gasteiger partial charge on any atom is -0.465 e. The number of allylic oxidation sites excluding steroid dienone is 4. The molecular formula is C18H28N2O4. The van der Waals surface area contributed by atoms with Gasteiger partial charge in [-0.25, -0.2) is 0 Å². The summed E-state index contributed by atoms with van der Waals surface area (Å²) in [5.41, 5.74) is 1.36. The lowest BCUT2D eigenvalue weighted by atomic mass is 9.95. The predicted molar refractivity (Wildman–Crippen MR) is 91.2 cm³/mol. The molecule has 0 amide bonds. The van der Waals surface area contributed by atoms with E-state index in [-0.39, 0.29) is 11.9 Å². The van der Waals surface area contributed by atoms with Crippen LogP contribution >= 0.6 is 0 Å². The monoisotopic (exact) mass is 336 g/mol. The first kappa shape index (κ1) is 18.5. The van der Waals surface area contributed by atoms with Gasteiger partial charge in [-0.2, -0.15) is 0 Å². The number of carbonyl (C=O) groups is 2. The summed E-state index contributed by atoms with van der Waals surface area (Å²) in [4.78, 5) is 24.0. The molecule has 2 atom stereocenters. The first-order valence-corrected chi connectivity index (χ1v) is 8.67. The van der Waals surface area contributed by atoms with E-state index in [2.05, 4.69) is 28.4 Å². The zero-order valence-electron chi connectivity index (χ0n) is 14.6. The summed E-state index contributed by atoms with van der Waals surface area (Å²) in [6.07, 6.45) is 9.83. The van der Waals surface area contributed by atoms with Gasteiger partial charge in [0.1, 0.15) is 13.2 Å². The standard InChI is InChI=1S/C18H28N2O4/c1-14(21)23-11-9-20(10-12-24-15(2)22)8-7-17-13-16-5-3-4-6-18(16)19-17/h3-4,6,16-17,19H,5,7-13H2,1-2H3. The third-order valence-electron chi connectivity index (χ3n) is 4.43. The molecule has 0 spiro atoms. The number of carbonyl (C=O) groups excluding carboxylic acids is 2. The molecule has 2 unspecified atom stereocenters. The minimum atomic E-state index is -0.268. The molecule has 1 saturated heterocycles. The second kappa shape index (κ2) is 9.47. The smallest absolute Gasteiger partial charge is 0.302 e. The lowest BCUT2D eigenvalue weighted by molar-refractivity contribution is -0.141. The molecule has 6 nitrogen and oxygen atoms in total. The third kappa shape index (κ3) is 6.35. The number of esters is 2. The third-order valence-corrected chi connectivity index (χ3v) is 4.43. The van der Waals surface area contributed by atoms with Gasteiger partial charge in [-0.3, -0.25) is 14.5 Å². The van der Waals surface area contributed by atoms with Crippen LogP contribution in [0.2, 0.25) is 0 Å². The average molecular weight is 336 g/mol. The van der Waals surface area contributed by atoms with E-state index in [1.54, 1.807) is 0 Å². The van der Waals surface area contributed by atoms with Crippen molar-refractivity contribution in [2.45, 2.75) is 39.2 Å². The fraction of sp³-hybridized carbons (Fsp3) is 0.667. The molecule has 134 valence electrons. The SMILES string of the molecule is CC(=O)OCCN(CCOC(C)=O)CCC1CC2CC=CC=C2N1. The number of hydrogen-bond acceptors (Lipinski definition) is 6. The van der Waals surface area contributed by atoms with Gasteiger partial charge < -0.3 is 14.8 Å². The molecule has 1 N–H and O–H groups in total. The van der Waals surface area contributed by atoms with E-state index < -0.39 is 0 Å².